The van der Waals surface area contributed by atoms with E-state index in [-0.39, 0.29) is 0 Å². The minimum atomic E-state index is 0.812. The van der Waals surface area contributed by atoms with E-state index in [0.29, 0.717) is 0 Å². The third-order valence-electron chi connectivity index (χ3n) is 2.67. The van der Waals surface area contributed by atoms with Crippen molar-refractivity contribution in [2.75, 3.05) is 13.4 Å². The molecule has 2 aromatic heterocycles. The second-order valence-electron chi connectivity index (χ2n) is 3.88. The van der Waals surface area contributed by atoms with Gasteiger partial charge in [-0.15, -0.1) is 10.2 Å². The smallest absolute Gasteiger partial charge is 0.235 e. The number of thioether (sulfide) groups is 1. The molecule has 0 saturated heterocycles. The zero-order valence-corrected chi connectivity index (χ0v) is 12.2. The van der Waals surface area contributed by atoms with E-state index < -0.39 is 0 Å². The largest absolute Gasteiger partial charge is 0.497 e. The summed E-state index contributed by atoms with van der Waals surface area (Å²) in [4.78, 5) is 0.829. The maximum absolute atomic E-state index is 5.15. The van der Waals surface area contributed by atoms with Gasteiger partial charge < -0.3 is 4.74 Å². The van der Waals surface area contributed by atoms with Crippen LogP contribution in [0, 0.1) is 0 Å². The summed E-state index contributed by atoms with van der Waals surface area (Å²) in [7, 11) is 1.66. The van der Waals surface area contributed by atoms with Crippen LogP contribution in [-0.4, -0.2) is 33.2 Å². The van der Waals surface area contributed by atoms with Crippen molar-refractivity contribution in [3.63, 3.8) is 0 Å². The summed E-state index contributed by atoms with van der Waals surface area (Å²) < 4.78 is 6.97. The van der Waals surface area contributed by atoms with Crippen LogP contribution < -0.4 is 4.74 Å². The molecule has 0 N–H and O–H groups in total. The molecule has 0 aliphatic heterocycles. The van der Waals surface area contributed by atoms with Gasteiger partial charge in [0.2, 0.25) is 4.96 Å². The zero-order valence-electron chi connectivity index (χ0n) is 10.5. The summed E-state index contributed by atoms with van der Waals surface area (Å²) in [6.45, 7) is 0. The first-order valence-electron chi connectivity index (χ1n) is 5.66. The van der Waals surface area contributed by atoms with Crippen LogP contribution in [0.4, 0.5) is 0 Å². The minimum absolute atomic E-state index is 0.812. The van der Waals surface area contributed by atoms with E-state index in [1.165, 1.54) is 11.3 Å². The van der Waals surface area contributed by atoms with Crippen LogP contribution in [0.3, 0.4) is 0 Å². The Morgan fingerprint density at radius 1 is 1.26 bits per heavy atom. The predicted octanol–water partition coefficient (Wildman–Crippen LogP) is 2.72. The molecule has 0 aliphatic carbocycles. The van der Waals surface area contributed by atoms with Gasteiger partial charge in [0.15, 0.2) is 5.82 Å². The SMILES string of the molecule is COc1ccc(-c2nn3c(CSC)nnc3s2)cc1. The lowest BCUT2D eigenvalue weighted by Gasteiger charge is -1.99. The molecule has 0 radical (unpaired) electrons. The summed E-state index contributed by atoms with van der Waals surface area (Å²) in [6, 6.07) is 7.86. The Labute approximate surface area is 118 Å². The number of ether oxygens (including phenoxy) is 1. The number of nitrogens with zero attached hydrogens (tertiary/aromatic N) is 4. The first-order chi connectivity index (χ1) is 9.31. The van der Waals surface area contributed by atoms with Crippen LogP contribution in [0.2, 0.25) is 0 Å². The van der Waals surface area contributed by atoms with Crippen molar-refractivity contribution in [3.05, 3.63) is 30.1 Å². The number of hydrogen-bond donors (Lipinski definition) is 0. The maximum Gasteiger partial charge on any atom is 0.235 e. The van der Waals surface area contributed by atoms with Gasteiger partial charge >= 0.3 is 0 Å². The number of aromatic nitrogens is 4. The lowest BCUT2D eigenvalue weighted by molar-refractivity contribution is 0.415. The van der Waals surface area contributed by atoms with Gasteiger partial charge in [0.25, 0.3) is 0 Å². The van der Waals surface area contributed by atoms with E-state index in [1.54, 1.807) is 18.9 Å². The van der Waals surface area contributed by atoms with E-state index in [4.69, 9.17) is 4.74 Å². The van der Waals surface area contributed by atoms with Gasteiger partial charge in [-0.25, -0.2) is 0 Å². The van der Waals surface area contributed by atoms with Crippen LogP contribution in [0.5, 0.6) is 5.75 Å². The molecule has 0 bridgehead atoms. The number of hydrogen-bond acceptors (Lipinski definition) is 6. The van der Waals surface area contributed by atoms with E-state index in [9.17, 15) is 0 Å². The minimum Gasteiger partial charge on any atom is -0.497 e. The molecule has 0 unspecified atom stereocenters. The molecule has 3 aromatic rings. The first-order valence-corrected chi connectivity index (χ1v) is 7.87. The van der Waals surface area contributed by atoms with Crippen molar-refractivity contribution in [1.82, 2.24) is 19.8 Å². The maximum atomic E-state index is 5.15. The highest BCUT2D eigenvalue weighted by Crippen LogP contribution is 2.27. The molecular formula is C12H12N4OS2. The van der Waals surface area contributed by atoms with Crippen LogP contribution in [0.25, 0.3) is 15.5 Å². The number of rotatable bonds is 4. The average Bonchev–Trinajstić information content (AvgIpc) is 3.01. The Morgan fingerprint density at radius 3 is 2.74 bits per heavy atom. The highest BCUT2D eigenvalue weighted by molar-refractivity contribution is 7.97. The highest BCUT2D eigenvalue weighted by Gasteiger charge is 2.12. The van der Waals surface area contributed by atoms with Gasteiger partial charge in [-0.1, -0.05) is 11.3 Å². The van der Waals surface area contributed by atoms with Crippen LogP contribution in [-0.2, 0) is 5.75 Å². The Hall–Kier alpha value is -1.60. The van der Waals surface area contributed by atoms with Gasteiger partial charge in [-0.2, -0.15) is 21.4 Å². The van der Waals surface area contributed by atoms with Crippen molar-refractivity contribution >= 4 is 28.1 Å². The van der Waals surface area contributed by atoms with Gasteiger partial charge in [0.05, 0.1) is 12.9 Å². The van der Waals surface area contributed by atoms with Crippen molar-refractivity contribution in [3.8, 4) is 16.3 Å². The molecule has 0 aliphatic rings. The highest BCUT2D eigenvalue weighted by atomic mass is 32.2. The molecule has 7 heteroatoms. The molecule has 98 valence electrons. The predicted molar refractivity (Wildman–Crippen MR) is 77.9 cm³/mol. The molecule has 19 heavy (non-hydrogen) atoms. The average molecular weight is 292 g/mol. The van der Waals surface area contributed by atoms with Gasteiger partial charge in [-0.3, -0.25) is 0 Å². The number of methoxy groups -OCH3 is 1. The molecule has 5 nitrogen and oxygen atoms in total. The van der Waals surface area contributed by atoms with Crippen molar-refractivity contribution in [2.24, 2.45) is 0 Å². The molecule has 0 fully saturated rings. The quantitative estimate of drug-likeness (QED) is 0.740. The van der Waals surface area contributed by atoms with E-state index in [0.717, 1.165) is 32.9 Å². The Kier molecular flexibility index (Phi) is 3.39. The van der Waals surface area contributed by atoms with E-state index >= 15 is 0 Å². The zero-order chi connectivity index (χ0) is 13.2. The first kappa shape index (κ1) is 12.4. The van der Waals surface area contributed by atoms with Gasteiger partial charge in [0, 0.05) is 5.56 Å². The van der Waals surface area contributed by atoms with Crippen LogP contribution in [0.15, 0.2) is 24.3 Å². The lowest BCUT2D eigenvalue weighted by atomic mass is 10.2. The second kappa shape index (κ2) is 5.18. The van der Waals surface area contributed by atoms with Crippen molar-refractivity contribution < 1.29 is 4.74 Å². The van der Waals surface area contributed by atoms with Crippen LogP contribution in [0.1, 0.15) is 5.82 Å². The fourth-order valence-corrected chi connectivity index (χ4v) is 3.03. The summed E-state index contributed by atoms with van der Waals surface area (Å²) in [5.74, 6) is 2.54. The summed E-state index contributed by atoms with van der Waals surface area (Å²) in [6.07, 6.45) is 2.04. The van der Waals surface area contributed by atoms with Crippen molar-refractivity contribution in [1.29, 1.82) is 0 Å². The summed E-state index contributed by atoms with van der Waals surface area (Å²) >= 11 is 3.25. The molecule has 3 rings (SSSR count). The molecule has 1 aromatic carbocycles. The standard InChI is InChI=1S/C12H12N4OS2/c1-17-9-5-3-8(4-6-9)11-15-16-10(7-18-2)13-14-12(16)19-11/h3-6H,7H2,1-2H3. The third kappa shape index (κ3) is 2.31. The Balaban J connectivity index is 1.99. The molecule has 0 spiro atoms. The summed E-state index contributed by atoms with van der Waals surface area (Å²) in [5, 5.41) is 13.8. The molecule has 2 heterocycles. The fraction of sp³-hybridized carbons (Fsp3) is 0.250. The van der Waals surface area contributed by atoms with Crippen molar-refractivity contribution in [2.45, 2.75) is 5.75 Å². The van der Waals surface area contributed by atoms with E-state index in [2.05, 4.69) is 15.3 Å². The Morgan fingerprint density at radius 2 is 2.05 bits per heavy atom. The second-order valence-corrected chi connectivity index (χ2v) is 5.70. The lowest BCUT2D eigenvalue weighted by Crippen LogP contribution is -1.93. The summed E-state index contributed by atoms with van der Waals surface area (Å²) in [5.41, 5.74) is 1.06. The van der Waals surface area contributed by atoms with Crippen LogP contribution >= 0.6 is 23.1 Å². The molecular weight excluding hydrogens is 280 g/mol. The van der Waals surface area contributed by atoms with E-state index in [1.807, 2.05) is 35.0 Å². The number of fused-ring (bicyclic) bond motifs is 1. The molecule has 0 saturated carbocycles. The Bertz CT molecular complexity index is 689. The van der Waals surface area contributed by atoms with Gasteiger partial charge in [-0.05, 0) is 30.5 Å². The molecule has 0 atom stereocenters. The van der Waals surface area contributed by atoms with Gasteiger partial charge in [0.1, 0.15) is 10.8 Å². The topological polar surface area (TPSA) is 52.3 Å². The normalized spacial score (nSPS) is 11.1. The molecule has 0 amide bonds. The third-order valence-corrected chi connectivity index (χ3v) is 4.16. The number of benzene rings is 1. The fourth-order valence-electron chi connectivity index (χ4n) is 1.73. The monoisotopic (exact) mass is 292 g/mol.